The average Bonchev–Trinajstić information content (AvgIpc) is 2.96. The average molecular weight is 506 g/mol. The first-order valence-electron chi connectivity index (χ1n) is 11.8. The first kappa shape index (κ1) is 23.4. The molecule has 0 radical (unpaired) electrons. The summed E-state index contributed by atoms with van der Waals surface area (Å²) in [6, 6.07) is 15.6. The van der Waals surface area contributed by atoms with E-state index in [9.17, 15) is 31.0 Å². The zero-order valence-corrected chi connectivity index (χ0v) is 20.0. The van der Waals surface area contributed by atoms with Gasteiger partial charge in [0.25, 0.3) is 17.3 Å². The molecule has 0 aliphatic heterocycles. The van der Waals surface area contributed by atoms with Gasteiger partial charge >= 0.3 is 17.1 Å². The summed E-state index contributed by atoms with van der Waals surface area (Å²) < 4.78 is 0. The summed E-state index contributed by atoms with van der Waals surface area (Å²) in [4.78, 5) is 47.9. The van der Waals surface area contributed by atoms with Crippen LogP contribution < -0.4 is 0 Å². The molecule has 3 aliphatic rings. The van der Waals surface area contributed by atoms with E-state index in [1.54, 1.807) is 60.7 Å². The molecule has 0 saturated heterocycles. The summed E-state index contributed by atoms with van der Waals surface area (Å²) in [5, 5.41) is 0. The van der Waals surface area contributed by atoms with Gasteiger partial charge < -0.3 is 16.6 Å². The SMILES string of the molecule is [N-]=[N+]=C1C=Cc2c(cccc2-c2cc3c(cc2C2=CC(=O)C(=[N+]=[N-])c4ccccc42)C(=[N+]=[N-])C(=O)C=C3)C1=O. The summed E-state index contributed by atoms with van der Waals surface area (Å²) in [7, 11) is 0. The molecule has 0 amide bonds. The standard InChI is InChI=1S/C30H14N6O3/c31-34-25-10-9-18-16(6-3-7-20(18)30(25)39)22-12-15-8-11-26(37)29(36-33)21(15)13-23(22)24-14-27(38)28(35-32)19-5-2-1-4-17(19)24/h1-14H. The predicted molar refractivity (Wildman–Crippen MR) is 142 cm³/mol. The van der Waals surface area contributed by atoms with Crippen molar-refractivity contribution in [2.24, 2.45) is 0 Å². The van der Waals surface area contributed by atoms with E-state index in [-0.39, 0.29) is 17.1 Å². The minimum atomic E-state index is -0.518. The fourth-order valence-corrected chi connectivity index (χ4v) is 5.18. The molecule has 0 spiro atoms. The highest BCUT2D eigenvalue weighted by molar-refractivity contribution is 6.52. The van der Waals surface area contributed by atoms with Gasteiger partial charge in [-0.1, -0.05) is 36.4 Å². The maximum absolute atomic E-state index is 13.0. The van der Waals surface area contributed by atoms with Gasteiger partial charge in [-0.25, -0.2) is 0 Å². The molecule has 0 N–H and O–H groups in total. The van der Waals surface area contributed by atoms with Crippen molar-refractivity contribution in [1.82, 2.24) is 0 Å². The summed E-state index contributed by atoms with van der Waals surface area (Å²) >= 11 is 0. The molecule has 3 aromatic carbocycles. The van der Waals surface area contributed by atoms with Crippen LogP contribution in [0.2, 0.25) is 0 Å². The first-order valence-corrected chi connectivity index (χ1v) is 11.8. The molecule has 0 aromatic heterocycles. The Kier molecular flexibility index (Phi) is 5.32. The topological polar surface area (TPSA) is 160 Å². The molecule has 9 heteroatoms. The predicted octanol–water partition coefficient (Wildman–Crippen LogP) is 3.88. The molecule has 182 valence electrons. The van der Waals surface area contributed by atoms with Gasteiger partial charge in [-0.3, -0.25) is 14.4 Å². The third kappa shape index (κ3) is 3.49. The van der Waals surface area contributed by atoms with Crippen LogP contribution in [0.15, 0.2) is 72.8 Å². The van der Waals surface area contributed by atoms with Crippen LogP contribution in [0.3, 0.4) is 0 Å². The minimum absolute atomic E-state index is 0.0964. The van der Waals surface area contributed by atoms with E-state index >= 15 is 0 Å². The highest BCUT2D eigenvalue weighted by Gasteiger charge is 2.35. The maximum Gasteiger partial charge on any atom is 0.369 e. The van der Waals surface area contributed by atoms with Gasteiger partial charge in [-0.15, -0.1) is 0 Å². The minimum Gasteiger partial charge on any atom is -0.361 e. The molecule has 9 nitrogen and oxygen atoms in total. The zero-order chi connectivity index (χ0) is 27.3. The number of carbonyl (C=O) groups is 3. The highest BCUT2D eigenvalue weighted by Crippen LogP contribution is 2.41. The lowest BCUT2D eigenvalue weighted by Crippen LogP contribution is -2.22. The Morgan fingerprint density at radius 3 is 1.97 bits per heavy atom. The van der Waals surface area contributed by atoms with Gasteiger partial charge in [0.15, 0.2) is 0 Å². The lowest BCUT2D eigenvalue weighted by molar-refractivity contribution is -0.113. The molecule has 0 saturated carbocycles. The van der Waals surface area contributed by atoms with Crippen LogP contribution in [0.25, 0.3) is 45.4 Å². The van der Waals surface area contributed by atoms with Gasteiger partial charge in [0.05, 0.1) is 11.1 Å². The van der Waals surface area contributed by atoms with Crippen molar-refractivity contribution in [3.63, 3.8) is 0 Å². The largest absolute Gasteiger partial charge is 0.369 e. The van der Waals surface area contributed by atoms with E-state index in [0.717, 1.165) is 0 Å². The summed E-state index contributed by atoms with van der Waals surface area (Å²) in [5.41, 5.74) is 33.2. The Morgan fingerprint density at radius 1 is 0.538 bits per heavy atom. The monoisotopic (exact) mass is 506 g/mol. The number of allylic oxidation sites excluding steroid dienone is 3. The molecule has 0 bridgehead atoms. The molecule has 39 heavy (non-hydrogen) atoms. The molecule has 0 heterocycles. The van der Waals surface area contributed by atoms with E-state index in [1.165, 1.54) is 18.2 Å². The lowest BCUT2D eigenvalue weighted by Gasteiger charge is -2.22. The molecular weight excluding hydrogens is 492 g/mol. The van der Waals surface area contributed by atoms with Crippen molar-refractivity contribution in [2.45, 2.75) is 0 Å². The van der Waals surface area contributed by atoms with E-state index in [2.05, 4.69) is 14.4 Å². The molecular formula is C30H14N6O3. The zero-order valence-electron chi connectivity index (χ0n) is 20.0. The van der Waals surface area contributed by atoms with E-state index in [1.807, 2.05) is 6.07 Å². The van der Waals surface area contributed by atoms with Crippen LogP contribution in [0.5, 0.6) is 0 Å². The molecule has 0 atom stereocenters. The molecule has 0 unspecified atom stereocenters. The maximum atomic E-state index is 13.0. The summed E-state index contributed by atoms with van der Waals surface area (Å²) in [5.74, 6) is -1.44. The Morgan fingerprint density at radius 2 is 1.23 bits per heavy atom. The third-order valence-electron chi connectivity index (χ3n) is 6.95. The van der Waals surface area contributed by atoms with Gasteiger partial charge in [0.2, 0.25) is 0 Å². The number of benzene rings is 3. The van der Waals surface area contributed by atoms with Crippen molar-refractivity contribution >= 4 is 52.2 Å². The van der Waals surface area contributed by atoms with E-state index in [0.29, 0.717) is 55.6 Å². The fraction of sp³-hybridized carbons (Fsp3) is 0. The van der Waals surface area contributed by atoms with Crippen molar-refractivity contribution in [2.75, 3.05) is 0 Å². The van der Waals surface area contributed by atoms with Gasteiger partial charge in [-0.2, -0.15) is 14.4 Å². The van der Waals surface area contributed by atoms with Gasteiger partial charge in [-0.05, 0) is 75.4 Å². The quantitative estimate of drug-likeness (QED) is 0.382. The van der Waals surface area contributed by atoms with Crippen LogP contribution in [0.4, 0.5) is 0 Å². The van der Waals surface area contributed by atoms with Crippen molar-refractivity contribution in [3.8, 4) is 11.1 Å². The third-order valence-corrected chi connectivity index (χ3v) is 6.95. The Balaban J connectivity index is 1.72. The Hall–Kier alpha value is -5.97. The second-order valence-electron chi connectivity index (χ2n) is 8.96. The number of Topliss-reactive ketones (excluding diaryl/α,β-unsaturated/α-hetero) is 1. The van der Waals surface area contributed by atoms with Crippen molar-refractivity contribution < 1.29 is 28.8 Å². The van der Waals surface area contributed by atoms with Crippen molar-refractivity contribution in [1.29, 1.82) is 0 Å². The van der Waals surface area contributed by atoms with Crippen LogP contribution >= 0.6 is 0 Å². The number of hydrogen-bond donors (Lipinski definition) is 0. The van der Waals surface area contributed by atoms with Gasteiger partial charge in [0.1, 0.15) is 0 Å². The molecule has 3 aliphatic carbocycles. The number of ketones is 3. The van der Waals surface area contributed by atoms with E-state index in [4.69, 9.17) is 0 Å². The summed E-state index contributed by atoms with van der Waals surface area (Å²) in [6.45, 7) is 0. The lowest BCUT2D eigenvalue weighted by atomic mass is 9.78. The number of carbonyl (C=O) groups excluding carboxylic acids is 3. The number of nitrogens with zero attached hydrogens (tertiary/aromatic N) is 6. The Bertz CT molecular complexity index is 1980. The molecule has 3 aromatic rings. The molecule has 6 rings (SSSR count). The smallest absolute Gasteiger partial charge is 0.361 e. The van der Waals surface area contributed by atoms with Gasteiger partial charge in [0, 0.05) is 17.7 Å². The van der Waals surface area contributed by atoms with Crippen LogP contribution in [0.1, 0.15) is 43.7 Å². The van der Waals surface area contributed by atoms with Crippen LogP contribution in [-0.2, 0) is 9.59 Å². The first-order chi connectivity index (χ1) is 19.0. The number of fused-ring (bicyclic) bond motifs is 3. The normalized spacial score (nSPS) is 15.1. The highest BCUT2D eigenvalue weighted by atomic mass is 16.1. The summed E-state index contributed by atoms with van der Waals surface area (Å²) in [6.07, 6.45) is 7.36. The van der Waals surface area contributed by atoms with Crippen LogP contribution in [-0.4, -0.2) is 48.9 Å². The van der Waals surface area contributed by atoms with Crippen LogP contribution in [0, 0.1) is 0 Å². The number of rotatable bonds is 2. The second kappa shape index (κ2) is 8.85. The number of hydrogen-bond acceptors (Lipinski definition) is 3. The second-order valence-corrected chi connectivity index (χ2v) is 8.96. The molecule has 0 fully saturated rings. The fourth-order valence-electron chi connectivity index (χ4n) is 5.18. The van der Waals surface area contributed by atoms with E-state index < -0.39 is 17.3 Å². The van der Waals surface area contributed by atoms with Crippen molar-refractivity contribution in [3.05, 3.63) is 128 Å². The Labute approximate surface area is 220 Å².